The molecule has 0 aliphatic carbocycles. The molecule has 0 radical (unpaired) electrons. The summed E-state index contributed by atoms with van der Waals surface area (Å²) in [4.78, 5) is 0. The van der Waals surface area contributed by atoms with Crippen LogP contribution < -0.4 is 10.0 Å². The molecule has 2 nitrogen and oxygen atoms in total. The van der Waals surface area contributed by atoms with Crippen molar-refractivity contribution in [3.63, 3.8) is 0 Å². The predicted octanol–water partition coefficient (Wildman–Crippen LogP) is 3.51. The third-order valence-electron chi connectivity index (χ3n) is 2.61. The molecule has 2 rings (SSSR count). The summed E-state index contributed by atoms with van der Waals surface area (Å²) in [6.45, 7) is 5.55. The Kier molecular flexibility index (Phi) is 4.61. The van der Waals surface area contributed by atoms with Gasteiger partial charge >= 0.3 is 0 Å². The molecule has 0 amide bonds. The summed E-state index contributed by atoms with van der Waals surface area (Å²) in [5.74, 6) is 0. The molecule has 0 aromatic carbocycles. The van der Waals surface area contributed by atoms with Crippen molar-refractivity contribution in [2.45, 2.75) is 40.0 Å². The summed E-state index contributed by atoms with van der Waals surface area (Å²) >= 11 is 5.66. The van der Waals surface area contributed by atoms with Gasteiger partial charge in [-0.3, -0.25) is 4.72 Å². The van der Waals surface area contributed by atoms with Gasteiger partial charge in [-0.25, -0.2) is 0 Å². The first-order valence-electron chi connectivity index (χ1n) is 5.62. The zero-order chi connectivity index (χ0) is 11.5. The van der Waals surface area contributed by atoms with Gasteiger partial charge in [-0.15, -0.1) is 23.1 Å². The number of hydrogen-bond donors (Lipinski definition) is 2. The molecule has 0 bridgehead atoms. The zero-order valence-electron chi connectivity index (χ0n) is 9.87. The Morgan fingerprint density at radius 2 is 2.38 bits per heavy atom. The van der Waals surface area contributed by atoms with Crippen molar-refractivity contribution < 1.29 is 0 Å². The van der Waals surface area contributed by atoms with Gasteiger partial charge in [-0.2, -0.15) is 0 Å². The van der Waals surface area contributed by atoms with Gasteiger partial charge in [0, 0.05) is 11.3 Å². The minimum Gasteiger partial charge on any atom is -0.310 e. The highest BCUT2D eigenvalue weighted by atomic mass is 32.2. The number of fused-ring (bicyclic) bond motifs is 1. The Labute approximate surface area is 110 Å². The summed E-state index contributed by atoms with van der Waals surface area (Å²) in [5.41, 5.74) is 1.51. The summed E-state index contributed by atoms with van der Waals surface area (Å²) in [7, 11) is 1.97. The van der Waals surface area contributed by atoms with E-state index in [4.69, 9.17) is 0 Å². The predicted molar refractivity (Wildman–Crippen MR) is 75.6 cm³/mol. The average molecular weight is 274 g/mol. The van der Waals surface area contributed by atoms with Crippen LogP contribution >= 0.6 is 35.0 Å². The third kappa shape index (κ3) is 2.76. The third-order valence-corrected chi connectivity index (χ3v) is 5.95. The normalized spacial score (nSPS) is 24.4. The maximum atomic E-state index is 3.59. The fraction of sp³-hybridized carbons (Fsp3) is 0.636. The van der Waals surface area contributed by atoms with E-state index in [1.807, 2.05) is 30.1 Å². The van der Waals surface area contributed by atoms with Crippen molar-refractivity contribution in [3.05, 3.63) is 11.6 Å². The second-order valence-electron chi connectivity index (χ2n) is 3.89. The van der Waals surface area contributed by atoms with Gasteiger partial charge in [-0.1, -0.05) is 13.8 Å². The Balaban J connectivity index is 2.22. The molecule has 1 aliphatic rings. The number of thiophene rings is 1. The Morgan fingerprint density at radius 1 is 1.56 bits per heavy atom. The molecule has 0 spiro atoms. The molecule has 16 heavy (non-hydrogen) atoms. The fourth-order valence-corrected chi connectivity index (χ4v) is 5.83. The van der Waals surface area contributed by atoms with Crippen molar-refractivity contribution >= 4 is 35.0 Å². The largest absolute Gasteiger partial charge is 0.310 e. The van der Waals surface area contributed by atoms with E-state index in [9.17, 15) is 0 Å². The van der Waals surface area contributed by atoms with E-state index in [-0.39, 0.29) is 0 Å². The van der Waals surface area contributed by atoms with Crippen molar-refractivity contribution in [1.82, 2.24) is 10.0 Å². The maximum absolute atomic E-state index is 3.59. The quantitative estimate of drug-likeness (QED) is 0.821. The molecule has 1 aromatic heterocycles. The van der Waals surface area contributed by atoms with Gasteiger partial charge < -0.3 is 5.32 Å². The second kappa shape index (κ2) is 5.78. The van der Waals surface area contributed by atoms with Gasteiger partial charge in [0.15, 0.2) is 0 Å². The van der Waals surface area contributed by atoms with Gasteiger partial charge in [0.05, 0.1) is 8.42 Å². The molecule has 1 aromatic rings. The van der Waals surface area contributed by atoms with E-state index in [1.54, 1.807) is 11.9 Å². The lowest BCUT2D eigenvalue weighted by molar-refractivity contribution is 0.503. The minimum atomic E-state index is 0.554. The van der Waals surface area contributed by atoms with Gasteiger partial charge in [0.25, 0.3) is 0 Å². The summed E-state index contributed by atoms with van der Waals surface area (Å²) < 4.78 is 6.02. The zero-order valence-corrected chi connectivity index (χ0v) is 12.3. The number of thioether (sulfide) groups is 1. The van der Waals surface area contributed by atoms with E-state index in [2.05, 4.69) is 30.0 Å². The Hall–Kier alpha value is 0.320. The molecule has 2 atom stereocenters. The van der Waals surface area contributed by atoms with Crippen molar-refractivity contribution in [1.29, 1.82) is 0 Å². The van der Waals surface area contributed by atoms with Gasteiger partial charge in [-0.05, 0) is 43.6 Å². The second-order valence-corrected chi connectivity index (χ2v) is 7.96. The van der Waals surface area contributed by atoms with E-state index < -0.39 is 0 Å². The molecule has 5 heteroatoms. The first kappa shape index (κ1) is 12.8. The average Bonchev–Trinajstić information content (AvgIpc) is 2.61. The maximum Gasteiger partial charge on any atom is 0.0766 e. The van der Waals surface area contributed by atoms with E-state index in [0.29, 0.717) is 6.04 Å². The van der Waals surface area contributed by atoms with Gasteiger partial charge in [0.1, 0.15) is 0 Å². The van der Waals surface area contributed by atoms with Crippen molar-refractivity contribution in [2.75, 3.05) is 13.6 Å². The summed E-state index contributed by atoms with van der Waals surface area (Å²) in [6, 6.07) is 2.90. The van der Waals surface area contributed by atoms with Crippen LogP contribution in [0.3, 0.4) is 0 Å². The van der Waals surface area contributed by atoms with Crippen LogP contribution in [0.4, 0.5) is 0 Å². The first-order chi connectivity index (χ1) is 7.74. The standard InChI is InChI=1S/C11H18N2S3/c1-4-13-9-5-7(2)14-11-8(9)6-10(15-11)16-12-3/h6-7,9,12-13H,4-5H2,1-3H3. The smallest absolute Gasteiger partial charge is 0.0766 e. The highest BCUT2D eigenvalue weighted by Gasteiger charge is 2.26. The van der Waals surface area contributed by atoms with Crippen LogP contribution in [-0.2, 0) is 0 Å². The SMILES string of the molecule is CCNC1CC(C)Sc2sc(SNC)cc21. The van der Waals surface area contributed by atoms with Gasteiger partial charge in [0.2, 0.25) is 0 Å². The lowest BCUT2D eigenvalue weighted by atomic mass is 10.1. The molecule has 0 saturated heterocycles. The number of nitrogens with one attached hydrogen (secondary N) is 2. The number of hydrogen-bond acceptors (Lipinski definition) is 5. The monoisotopic (exact) mass is 274 g/mol. The van der Waals surface area contributed by atoms with Crippen LogP contribution in [0.2, 0.25) is 0 Å². The summed E-state index contributed by atoms with van der Waals surface area (Å²) in [6.07, 6.45) is 1.24. The fourth-order valence-electron chi connectivity index (χ4n) is 1.98. The first-order valence-corrected chi connectivity index (χ1v) is 8.13. The molecular weight excluding hydrogens is 256 g/mol. The summed E-state index contributed by atoms with van der Waals surface area (Å²) in [5, 5.41) is 4.31. The molecule has 0 fully saturated rings. The molecule has 90 valence electrons. The van der Waals surface area contributed by atoms with Crippen LogP contribution in [0.1, 0.15) is 31.9 Å². The van der Waals surface area contributed by atoms with E-state index in [1.165, 1.54) is 20.4 Å². The van der Waals surface area contributed by atoms with Crippen LogP contribution in [0.15, 0.2) is 14.5 Å². The Bertz CT molecular complexity index is 351. The van der Waals surface area contributed by atoms with E-state index in [0.717, 1.165) is 11.8 Å². The lowest BCUT2D eigenvalue weighted by Crippen LogP contribution is -2.25. The lowest BCUT2D eigenvalue weighted by Gasteiger charge is -2.27. The van der Waals surface area contributed by atoms with Crippen molar-refractivity contribution in [3.8, 4) is 0 Å². The molecule has 2 heterocycles. The van der Waals surface area contributed by atoms with Crippen LogP contribution in [0, 0.1) is 0 Å². The molecular formula is C11H18N2S3. The Morgan fingerprint density at radius 3 is 3.06 bits per heavy atom. The van der Waals surface area contributed by atoms with Crippen LogP contribution in [0.25, 0.3) is 0 Å². The highest BCUT2D eigenvalue weighted by Crippen LogP contribution is 2.47. The van der Waals surface area contributed by atoms with Crippen LogP contribution in [-0.4, -0.2) is 18.8 Å². The number of rotatable bonds is 4. The molecule has 1 aliphatic heterocycles. The molecule has 0 saturated carbocycles. The van der Waals surface area contributed by atoms with E-state index >= 15 is 0 Å². The topological polar surface area (TPSA) is 24.1 Å². The van der Waals surface area contributed by atoms with Crippen molar-refractivity contribution in [2.24, 2.45) is 0 Å². The highest BCUT2D eigenvalue weighted by molar-refractivity contribution is 8.03. The molecule has 2 N–H and O–H groups in total. The minimum absolute atomic E-state index is 0.554. The molecule has 2 unspecified atom stereocenters. The van der Waals surface area contributed by atoms with Crippen LogP contribution in [0.5, 0.6) is 0 Å².